The van der Waals surface area contributed by atoms with Crippen LogP contribution in [0.5, 0.6) is 0 Å². The van der Waals surface area contributed by atoms with Crippen LogP contribution in [0.1, 0.15) is 122 Å². The van der Waals surface area contributed by atoms with Gasteiger partial charge in [-0.3, -0.25) is 4.79 Å². The third-order valence-corrected chi connectivity index (χ3v) is 4.74. The zero-order valence-corrected chi connectivity index (χ0v) is 16.3. The molecule has 0 atom stereocenters. The smallest absolute Gasteiger partial charge is 0.303 e. The molecule has 2 heteroatoms. The maximum atomic E-state index is 10.4. The van der Waals surface area contributed by atoms with E-state index in [0.29, 0.717) is 6.42 Å². The van der Waals surface area contributed by atoms with Crippen molar-refractivity contribution in [3.05, 3.63) is 12.2 Å². The zero-order chi connectivity index (χ0) is 17.9. The zero-order valence-electron chi connectivity index (χ0n) is 16.3. The van der Waals surface area contributed by atoms with Gasteiger partial charge in [-0.1, -0.05) is 95.5 Å². The molecule has 0 saturated carbocycles. The number of rotatable bonds is 19. The van der Waals surface area contributed by atoms with Gasteiger partial charge >= 0.3 is 5.97 Å². The molecular formula is C22H42O2. The van der Waals surface area contributed by atoms with E-state index >= 15 is 0 Å². The van der Waals surface area contributed by atoms with Crippen LogP contribution < -0.4 is 0 Å². The summed E-state index contributed by atoms with van der Waals surface area (Å²) in [7, 11) is 0. The lowest BCUT2D eigenvalue weighted by Gasteiger charge is -2.04. The van der Waals surface area contributed by atoms with E-state index in [1.807, 2.05) is 0 Å². The van der Waals surface area contributed by atoms with Gasteiger partial charge in [-0.2, -0.15) is 0 Å². The summed E-state index contributed by atoms with van der Waals surface area (Å²) in [6, 6.07) is 0. The molecule has 0 aliphatic carbocycles. The highest BCUT2D eigenvalue weighted by atomic mass is 16.4. The minimum Gasteiger partial charge on any atom is -0.481 e. The molecule has 0 aromatic carbocycles. The quantitative estimate of drug-likeness (QED) is 0.194. The van der Waals surface area contributed by atoms with Crippen molar-refractivity contribution in [2.75, 3.05) is 0 Å². The van der Waals surface area contributed by atoms with Crippen LogP contribution in [0.2, 0.25) is 0 Å². The predicted molar refractivity (Wildman–Crippen MR) is 106 cm³/mol. The summed E-state index contributed by atoms with van der Waals surface area (Å²) >= 11 is 0. The number of allylic oxidation sites excluding steroid dienone is 1. The topological polar surface area (TPSA) is 37.3 Å². The second-order valence-corrected chi connectivity index (χ2v) is 7.51. The van der Waals surface area contributed by atoms with E-state index in [4.69, 9.17) is 5.11 Å². The first-order valence-electron chi connectivity index (χ1n) is 10.5. The van der Waals surface area contributed by atoms with Gasteiger partial charge in [-0.25, -0.2) is 0 Å². The molecule has 0 aliphatic heterocycles. The summed E-state index contributed by atoms with van der Waals surface area (Å²) in [5.74, 6) is -0.655. The van der Waals surface area contributed by atoms with Crippen molar-refractivity contribution < 1.29 is 9.90 Å². The van der Waals surface area contributed by atoms with Gasteiger partial charge in [0.2, 0.25) is 0 Å². The van der Waals surface area contributed by atoms with Crippen molar-refractivity contribution in [1.29, 1.82) is 0 Å². The van der Waals surface area contributed by atoms with Gasteiger partial charge in [-0.15, -0.1) is 6.58 Å². The maximum Gasteiger partial charge on any atom is 0.303 e. The largest absolute Gasteiger partial charge is 0.481 e. The number of hydrogen-bond donors (Lipinski definition) is 1. The van der Waals surface area contributed by atoms with E-state index in [-0.39, 0.29) is 0 Å². The Morgan fingerprint density at radius 3 is 1.08 bits per heavy atom. The second kappa shape index (κ2) is 18.5. The average molecular weight is 339 g/mol. The average Bonchev–Trinajstić information content (AvgIpc) is 2.53. The Hall–Kier alpha value is -0.790. The number of unbranched alkanes of at least 4 members (excludes halogenated alkanes) is 15. The molecule has 0 aromatic rings. The van der Waals surface area contributed by atoms with Crippen LogP contribution in [0.15, 0.2) is 12.2 Å². The van der Waals surface area contributed by atoms with Crippen LogP contribution in [-0.2, 0) is 4.79 Å². The monoisotopic (exact) mass is 338 g/mol. The molecule has 0 heterocycles. The van der Waals surface area contributed by atoms with Crippen molar-refractivity contribution >= 4 is 5.97 Å². The van der Waals surface area contributed by atoms with E-state index in [1.54, 1.807) is 0 Å². The van der Waals surface area contributed by atoms with E-state index in [9.17, 15) is 4.79 Å². The lowest BCUT2D eigenvalue weighted by Crippen LogP contribution is -1.93. The number of carbonyl (C=O) groups is 1. The molecule has 0 amide bonds. The minimum atomic E-state index is -0.655. The number of carboxylic acid groups (broad SMARTS) is 1. The second-order valence-electron chi connectivity index (χ2n) is 7.51. The highest BCUT2D eigenvalue weighted by Crippen LogP contribution is 2.14. The summed E-state index contributed by atoms with van der Waals surface area (Å²) in [4.78, 5) is 10.4. The highest BCUT2D eigenvalue weighted by molar-refractivity contribution is 5.66. The lowest BCUT2D eigenvalue weighted by atomic mass is 10.0. The summed E-state index contributed by atoms with van der Waals surface area (Å²) < 4.78 is 0. The highest BCUT2D eigenvalue weighted by Gasteiger charge is 1.97. The Labute approximate surface area is 151 Å². The molecule has 142 valence electrons. The third kappa shape index (κ3) is 21.2. The molecule has 1 N–H and O–H groups in total. The molecule has 0 rings (SSSR count). The molecule has 24 heavy (non-hydrogen) atoms. The van der Waals surface area contributed by atoms with E-state index in [0.717, 1.165) is 12.8 Å². The summed E-state index contributed by atoms with van der Waals surface area (Å²) in [6.45, 7) is 6.08. The van der Waals surface area contributed by atoms with Crippen LogP contribution in [0.3, 0.4) is 0 Å². The van der Waals surface area contributed by atoms with Gasteiger partial charge in [-0.05, 0) is 26.2 Å². The first kappa shape index (κ1) is 23.2. The van der Waals surface area contributed by atoms with Gasteiger partial charge < -0.3 is 5.11 Å². The Morgan fingerprint density at radius 1 is 0.583 bits per heavy atom. The molecular weight excluding hydrogens is 296 g/mol. The lowest BCUT2D eigenvalue weighted by molar-refractivity contribution is -0.137. The molecule has 0 fully saturated rings. The molecule has 0 radical (unpaired) electrons. The Bertz CT molecular complexity index is 266. The Kier molecular flexibility index (Phi) is 17.9. The van der Waals surface area contributed by atoms with Crippen LogP contribution in [0, 0.1) is 0 Å². The number of carboxylic acids is 1. The Morgan fingerprint density at radius 2 is 0.833 bits per heavy atom. The normalized spacial score (nSPS) is 10.9. The van der Waals surface area contributed by atoms with Gasteiger partial charge in [0.15, 0.2) is 0 Å². The molecule has 0 bridgehead atoms. The van der Waals surface area contributed by atoms with E-state index in [2.05, 4.69) is 13.5 Å². The standard InChI is InChI=1S/C22H42O2/c1-21(2)19-17-15-13-11-9-7-5-3-4-6-8-10-12-14-16-18-20-22(23)24/h1,3-20H2,2H3,(H,23,24). The molecule has 2 nitrogen and oxygen atoms in total. The van der Waals surface area contributed by atoms with Crippen LogP contribution in [0.25, 0.3) is 0 Å². The minimum absolute atomic E-state index is 0.342. The van der Waals surface area contributed by atoms with Crippen molar-refractivity contribution in [3.63, 3.8) is 0 Å². The van der Waals surface area contributed by atoms with E-state index < -0.39 is 5.97 Å². The predicted octanol–water partition coefficient (Wildman–Crippen LogP) is 7.67. The van der Waals surface area contributed by atoms with E-state index in [1.165, 1.54) is 102 Å². The fourth-order valence-electron chi connectivity index (χ4n) is 3.18. The fraction of sp³-hybridized carbons (Fsp3) is 0.864. The third-order valence-electron chi connectivity index (χ3n) is 4.74. The van der Waals surface area contributed by atoms with Gasteiger partial charge in [0.1, 0.15) is 0 Å². The Balaban J connectivity index is 3.00. The molecule has 0 spiro atoms. The summed E-state index contributed by atoms with van der Waals surface area (Å²) in [5.41, 5.74) is 1.33. The van der Waals surface area contributed by atoms with Crippen LogP contribution >= 0.6 is 0 Å². The van der Waals surface area contributed by atoms with Gasteiger partial charge in [0.05, 0.1) is 0 Å². The first-order chi connectivity index (χ1) is 11.6. The molecule has 0 aliphatic rings. The SMILES string of the molecule is C=C(C)CCCCCCCCCCCCCCCCCCC(=O)O. The van der Waals surface area contributed by atoms with Crippen molar-refractivity contribution in [3.8, 4) is 0 Å². The van der Waals surface area contributed by atoms with Crippen LogP contribution in [-0.4, -0.2) is 11.1 Å². The summed E-state index contributed by atoms with van der Waals surface area (Å²) in [5, 5.41) is 8.55. The summed E-state index contributed by atoms with van der Waals surface area (Å²) in [6.07, 6.45) is 22.6. The van der Waals surface area contributed by atoms with Crippen molar-refractivity contribution in [2.45, 2.75) is 122 Å². The van der Waals surface area contributed by atoms with Gasteiger partial charge in [0.25, 0.3) is 0 Å². The van der Waals surface area contributed by atoms with Crippen molar-refractivity contribution in [1.82, 2.24) is 0 Å². The number of aliphatic carboxylic acids is 1. The molecule has 0 saturated heterocycles. The molecule has 0 unspecified atom stereocenters. The first-order valence-corrected chi connectivity index (χ1v) is 10.5. The molecule has 0 aromatic heterocycles. The van der Waals surface area contributed by atoms with Gasteiger partial charge in [0, 0.05) is 6.42 Å². The van der Waals surface area contributed by atoms with Crippen molar-refractivity contribution in [2.24, 2.45) is 0 Å². The maximum absolute atomic E-state index is 10.4. The number of hydrogen-bond acceptors (Lipinski definition) is 1. The fourth-order valence-corrected chi connectivity index (χ4v) is 3.18. The van der Waals surface area contributed by atoms with Crippen LogP contribution in [0.4, 0.5) is 0 Å².